The van der Waals surface area contributed by atoms with Gasteiger partial charge in [0.15, 0.2) is 23.8 Å². The summed E-state index contributed by atoms with van der Waals surface area (Å²) in [6.07, 6.45) is -4.37. The van der Waals surface area contributed by atoms with Crippen molar-refractivity contribution < 1.29 is 27.8 Å². The number of carbonyl (C=O) groups is 1. The minimum Gasteiger partial charge on any atom is -0.478 e. The molecule has 37 heavy (non-hydrogen) atoms. The lowest BCUT2D eigenvalue weighted by molar-refractivity contribution is -0.266. The Morgan fingerprint density at radius 1 is 1.27 bits per heavy atom. The van der Waals surface area contributed by atoms with Crippen LogP contribution in [-0.4, -0.2) is 64.1 Å². The molecule has 1 aliphatic heterocycles. The molecule has 1 amide bonds. The number of carbonyl (C=O) groups excluding carboxylic acids is 1. The zero-order valence-corrected chi connectivity index (χ0v) is 20.7. The van der Waals surface area contributed by atoms with Gasteiger partial charge in [-0.2, -0.15) is 18.2 Å². The molecule has 1 saturated heterocycles. The fourth-order valence-electron chi connectivity index (χ4n) is 3.94. The van der Waals surface area contributed by atoms with Gasteiger partial charge in [-0.3, -0.25) is 9.59 Å². The lowest BCUT2D eigenvalue weighted by Gasteiger charge is -2.39. The van der Waals surface area contributed by atoms with E-state index in [1.807, 2.05) is 0 Å². The Kier molecular flexibility index (Phi) is 7.20. The van der Waals surface area contributed by atoms with Crippen molar-refractivity contribution in [3.05, 3.63) is 45.8 Å². The molecule has 3 aromatic rings. The third-order valence-corrected chi connectivity index (χ3v) is 6.50. The lowest BCUT2D eigenvalue weighted by atomic mass is 9.91. The summed E-state index contributed by atoms with van der Waals surface area (Å²) in [6.45, 7) is -0.481. The van der Waals surface area contributed by atoms with Crippen molar-refractivity contribution in [1.29, 1.82) is 0 Å². The molecular weight excluding hydrogens is 517 g/mol. The van der Waals surface area contributed by atoms with Crippen LogP contribution in [0.1, 0.15) is 12.8 Å². The number of benzene rings is 1. The van der Waals surface area contributed by atoms with Crippen molar-refractivity contribution in [3.63, 3.8) is 0 Å². The number of nitrogens with one attached hydrogen (secondary N) is 2. The van der Waals surface area contributed by atoms with Gasteiger partial charge in [0.1, 0.15) is 5.02 Å². The highest BCUT2D eigenvalue weighted by molar-refractivity contribution is 6.32. The summed E-state index contributed by atoms with van der Waals surface area (Å²) in [4.78, 5) is 34.1. The van der Waals surface area contributed by atoms with Gasteiger partial charge in [0.05, 0.1) is 11.7 Å². The number of piperidine rings is 1. The molecule has 4 rings (SSSR count). The van der Waals surface area contributed by atoms with E-state index in [1.54, 1.807) is 30.1 Å². The van der Waals surface area contributed by atoms with Gasteiger partial charge in [-0.1, -0.05) is 11.6 Å². The molecule has 10 nitrogen and oxygen atoms in total. The average Bonchev–Trinajstić information content (AvgIpc) is 2.86. The van der Waals surface area contributed by atoms with Crippen LogP contribution < -0.4 is 25.8 Å². The monoisotopic (exact) mass is 540 g/mol. The molecule has 0 atom stereocenters. The smallest absolute Gasteiger partial charge is 0.417 e. The van der Waals surface area contributed by atoms with Crippen molar-refractivity contribution in [3.8, 4) is 5.75 Å². The van der Waals surface area contributed by atoms with E-state index in [2.05, 4.69) is 20.6 Å². The van der Waals surface area contributed by atoms with Gasteiger partial charge in [0, 0.05) is 51.1 Å². The van der Waals surface area contributed by atoms with E-state index in [0.717, 1.165) is 0 Å². The van der Waals surface area contributed by atoms with Gasteiger partial charge < -0.3 is 29.9 Å². The predicted octanol–water partition coefficient (Wildman–Crippen LogP) is 2.74. The minimum atomic E-state index is -4.71. The zero-order chi connectivity index (χ0) is 27.0. The second-order valence-corrected chi connectivity index (χ2v) is 9.02. The summed E-state index contributed by atoms with van der Waals surface area (Å²) in [5, 5.41) is 16.2. The lowest BCUT2D eigenvalue weighted by Crippen LogP contribution is -2.53. The quantitative estimate of drug-likeness (QED) is 0.436. The van der Waals surface area contributed by atoms with Crippen LogP contribution in [0, 0.1) is 0 Å². The number of amides is 1. The summed E-state index contributed by atoms with van der Waals surface area (Å²) in [5.41, 5.74) is -1.96. The highest BCUT2D eigenvalue weighted by Gasteiger charge is 2.54. The number of fused-ring (bicyclic) bond motifs is 1. The Morgan fingerprint density at radius 3 is 2.62 bits per heavy atom. The van der Waals surface area contributed by atoms with E-state index in [0.29, 0.717) is 16.6 Å². The molecule has 1 aromatic carbocycles. The maximum absolute atomic E-state index is 13.1. The fraction of sp³-hybridized carbons (Fsp3) is 0.391. The maximum atomic E-state index is 13.1. The van der Waals surface area contributed by atoms with E-state index in [1.165, 1.54) is 23.9 Å². The SMILES string of the molecule is CNC(=O)COc1cc2cc(Nc3nc(N4CCC(O)(C(F)(F)F)CC4)ncc3Cl)ccc2n(C)c1=O. The van der Waals surface area contributed by atoms with Gasteiger partial charge in [0.2, 0.25) is 5.95 Å². The second-order valence-electron chi connectivity index (χ2n) is 8.62. The van der Waals surface area contributed by atoms with Gasteiger partial charge >= 0.3 is 6.18 Å². The third kappa shape index (κ3) is 5.42. The zero-order valence-electron chi connectivity index (χ0n) is 19.9. The molecule has 3 N–H and O–H groups in total. The number of pyridine rings is 1. The molecule has 0 aliphatic carbocycles. The first-order valence-electron chi connectivity index (χ1n) is 11.2. The van der Waals surface area contributed by atoms with E-state index in [-0.39, 0.29) is 48.1 Å². The van der Waals surface area contributed by atoms with Crippen LogP contribution in [0.4, 0.5) is 30.6 Å². The Hall–Kier alpha value is -3.58. The van der Waals surface area contributed by atoms with Crippen LogP contribution in [0.25, 0.3) is 10.9 Å². The highest BCUT2D eigenvalue weighted by atomic mass is 35.5. The molecule has 1 fully saturated rings. The van der Waals surface area contributed by atoms with Gasteiger partial charge in [0.25, 0.3) is 11.5 Å². The first-order chi connectivity index (χ1) is 17.4. The number of aromatic nitrogens is 3. The van der Waals surface area contributed by atoms with Crippen molar-refractivity contribution >= 4 is 45.9 Å². The molecule has 0 unspecified atom stereocenters. The molecule has 2 aromatic heterocycles. The Morgan fingerprint density at radius 2 is 1.97 bits per heavy atom. The number of anilines is 3. The molecule has 1 aliphatic rings. The normalized spacial score (nSPS) is 15.5. The van der Waals surface area contributed by atoms with E-state index in [4.69, 9.17) is 16.3 Å². The van der Waals surface area contributed by atoms with Crippen molar-refractivity contribution in [2.75, 3.05) is 37.0 Å². The third-order valence-electron chi connectivity index (χ3n) is 6.22. The average molecular weight is 541 g/mol. The number of nitrogens with zero attached hydrogens (tertiary/aromatic N) is 4. The minimum absolute atomic E-state index is 0.00187. The molecule has 0 bridgehead atoms. The van der Waals surface area contributed by atoms with Gasteiger partial charge in [-0.15, -0.1) is 0 Å². The van der Waals surface area contributed by atoms with Crippen LogP contribution in [0.15, 0.2) is 35.3 Å². The second kappa shape index (κ2) is 10.1. The van der Waals surface area contributed by atoms with Crippen LogP contribution in [0.3, 0.4) is 0 Å². The molecule has 14 heteroatoms. The van der Waals surface area contributed by atoms with Crippen molar-refractivity contribution in [2.24, 2.45) is 7.05 Å². The molecule has 3 heterocycles. The molecule has 0 radical (unpaired) electrons. The number of rotatable bonds is 6. The Labute approximate surface area is 214 Å². The maximum Gasteiger partial charge on any atom is 0.417 e. The standard InChI is InChI=1S/C23H24ClF3N6O4/c1-28-18(34)12-37-17-10-13-9-14(3-4-16(13)32(2)20(17)35)30-19-15(24)11-29-21(31-19)33-7-5-22(36,6-8-33)23(25,26)27/h3-4,9-11,36H,5-8,12H2,1-2H3,(H,28,34)(H,29,30,31). The summed E-state index contributed by atoms with van der Waals surface area (Å²) < 4.78 is 46.1. The summed E-state index contributed by atoms with van der Waals surface area (Å²) in [7, 11) is 3.04. The molecule has 198 valence electrons. The number of aryl methyl sites for hydroxylation is 1. The largest absolute Gasteiger partial charge is 0.478 e. The number of halogens is 4. The first-order valence-corrected chi connectivity index (χ1v) is 11.6. The van der Waals surface area contributed by atoms with Crippen LogP contribution in [-0.2, 0) is 11.8 Å². The molecular formula is C23H24ClF3N6O4. The van der Waals surface area contributed by atoms with E-state index < -0.39 is 30.2 Å². The predicted molar refractivity (Wildman–Crippen MR) is 132 cm³/mol. The van der Waals surface area contributed by atoms with E-state index in [9.17, 15) is 27.9 Å². The highest BCUT2D eigenvalue weighted by Crippen LogP contribution is 2.39. The molecule has 0 saturated carbocycles. The van der Waals surface area contributed by atoms with Gasteiger partial charge in [-0.25, -0.2) is 4.98 Å². The number of alkyl halides is 3. The topological polar surface area (TPSA) is 122 Å². The first kappa shape index (κ1) is 26.5. The summed E-state index contributed by atoms with van der Waals surface area (Å²) >= 11 is 6.27. The summed E-state index contributed by atoms with van der Waals surface area (Å²) in [6, 6.07) is 6.66. The number of likely N-dealkylation sites (N-methyl/N-ethyl adjacent to an activating group) is 1. The van der Waals surface area contributed by atoms with Crippen molar-refractivity contribution in [1.82, 2.24) is 19.9 Å². The Balaban J connectivity index is 1.57. The van der Waals surface area contributed by atoms with Crippen LogP contribution in [0.2, 0.25) is 5.02 Å². The summed E-state index contributed by atoms with van der Waals surface area (Å²) in [5.74, 6) is 0.0124. The Bertz CT molecular complexity index is 1390. The number of aliphatic hydroxyl groups is 1. The number of hydrogen-bond acceptors (Lipinski definition) is 8. The van der Waals surface area contributed by atoms with Crippen molar-refractivity contribution in [2.45, 2.75) is 24.6 Å². The van der Waals surface area contributed by atoms with Crippen LogP contribution >= 0.6 is 11.6 Å². The molecule has 0 spiro atoms. The van der Waals surface area contributed by atoms with Gasteiger partial charge in [-0.05, 0) is 24.3 Å². The number of ether oxygens (including phenoxy) is 1. The van der Waals surface area contributed by atoms with Crippen LogP contribution in [0.5, 0.6) is 5.75 Å². The number of hydrogen-bond donors (Lipinski definition) is 3. The van der Waals surface area contributed by atoms with E-state index >= 15 is 0 Å². The fourth-order valence-corrected chi connectivity index (χ4v) is 4.08.